The summed E-state index contributed by atoms with van der Waals surface area (Å²) in [5.74, 6) is 1.46. The zero-order valence-electron chi connectivity index (χ0n) is 22.0. The maximum absolute atomic E-state index is 13.8. The fourth-order valence-corrected chi connectivity index (χ4v) is 5.50. The second-order valence-corrected chi connectivity index (χ2v) is 10.4. The van der Waals surface area contributed by atoms with Crippen LogP contribution >= 0.6 is 0 Å². The van der Waals surface area contributed by atoms with E-state index in [4.69, 9.17) is 14.7 Å². The Kier molecular flexibility index (Phi) is 6.26. The third-order valence-corrected chi connectivity index (χ3v) is 7.80. The van der Waals surface area contributed by atoms with Gasteiger partial charge in [-0.15, -0.1) is 0 Å². The maximum Gasteiger partial charge on any atom is 0.295 e. The largest absolute Gasteiger partial charge is 0.475 e. The number of halogens is 1. The van der Waals surface area contributed by atoms with Crippen LogP contribution in [0.25, 0.3) is 33.5 Å². The van der Waals surface area contributed by atoms with E-state index >= 15 is 0 Å². The summed E-state index contributed by atoms with van der Waals surface area (Å²) in [6, 6.07) is 16.8. The molecule has 206 valence electrons. The number of non-ortho nitro benzene ring substituents is 1. The van der Waals surface area contributed by atoms with Gasteiger partial charge in [0.15, 0.2) is 5.52 Å². The van der Waals surface area contributed by atoms with E-state index in [-0.39, 0.29) is 29.7 Å². The van der Waals surface area contributed by atoms with E-state index in [0.717, 1.165) is 48.5 Å². The number of rotatable bonds is 8. The van der Waals surface area contributed by atoms with Gasteiger partial charge in [0.25, 0.3) is 5.69 Å². The first-order valence-electron chi connectivity index (χ1n) is 13.7. The predicted molar refractivity (Wildman–Crippen MR) is 151 cm³/mol. The Morgan fingerprint density at radius 1 is 1.02 bits per heavy atom. The highest BCUT2D eigenvalue weighted by Gasteiger charge is 2.32. The van der Waals surface area contributed by atoms with Crippen molar-refractivity contribution in [3.63, 3.8) is 0 Å². The lowest BCUT2D eigenvalue weighted by Crippen LogP contribution is -2.28. The van der Waals surface area contributed by atoms with Gasteiger partial charge in [0.05, 0.1) is 28.0 Å². The van der Waals surface area contributed by atoms with E-state index in [2.05, 4.69) is 19.9 Å². The summed E-state index contributed by atoms with van der Waals surface area (Å²) in [6.07, 6.45) is 6.67. The van der Waals surface area contributed by atoms with E-state index in [1.165, 1.54) is 24.6 Å². The van der Waals surface area contributed by atoms with Gasteiger partial charge in [-0.1, -0.05) is 12.1 Å². The molecule has 5 aromatic rings. The van der Waals surface area contributed by atoms with Crippen LogP contribution in [0.5, 0.6) is 5.88 Å². The summed E-state index contributed by atoms with van der Waals surface area (Å²) in [5.41, 5.74) is 3.27. The lowest BCUT2D eigenvalue weighted by Gasteiger charge is -2.26. The number of para-hydroxylation sites is 1. The normalized spacial score (nSPS) is 16.4. The number of ether oxygens (including phenoxy) is 1. The number of nitrogens with zero attached hydrogens (tertiary/aromatic N) is 6. The van der Waals surface area contributed by atoms with E-state index in [0.29, 0.717) is 29.0 Å². The third kappa shape index (κ3) is 4.73. The predicted octanol–water partition coefficient (Wildman–Crippen LogP) is 6.13. The molecule has 7 rings (SSSR count). The summed E-state index contributed by atoms with van der Waals surface area (Å²) < 4.78 is 22.1. The van der Waals surface area contributed by atoms with Gasteiger partial charge in [-0.05, 0) is 62.1 Å². The standard InChI is InChI=1S/C30H26FN7O3/c31-20-10-7-19(8-11-20)28-29(23-15-16-32-30(34-23)33-21-4-2-5-21)37-22(12-13-25(37)35-28)17-41-26-14-9-18-3-1-6-24(38(39)40)27(18)36-26/h1,3,6-11,14-16,21-22H,2,4-5,12-13,17H2,(H,32,33,34)/t22-/m0/s1. The lowest BCUT2D eigenvalue weighted by molar-refractivity contribution is -0.383. The topological polar surface area (TPSA) is 121 Å². The molecule has 1 saturated carbocycles. The fraction of sp³-hybridized carbons (Fsp3) is 0.267. The number of fused-ring (bicyclic) bond motifs is 2. The van der Waals surface area contributed by atoms with Crippen molar-refractivity contribution in [2.24, 2.45) is 0 Å². The number of nitrogens with one attached hydrogen (secondary N) is 1. The van der Waals surface area contributed by atoms with Gasteiger partial charge in [-0.3, -0.25) is 10.1 Å². The number of aromatic nitrogens is 5. The van der Waals surface area contributed by atoms with Crippen molar-refractivity contribution in [2.45, 2.75) is 44.2 Å². The zero-order chi connectivity index (χ0) is 27.9. The van der Waals surface area contributed by atoms with Crippen LogP contribution in [0.1, 0.15) is 37.5 Å². The summed E-state index contributed by atoms with van der Waals surface area (Å²) in [7, 11) is 0. The molecule has 0 radical (unpaired) electrons. The van der Waals surface area contributed by atoms with Crippen LogP contribution in [-0.4, -0.2) is 42.1 Å². The summed E-state index contributed by atoms with van der Waals surface area (Å²) in [4.78, 5) is 29.8. The quantitative estimate of drug-likeness (QED) is 0.181. The second-order valence-electron chi connectivity index (χ2n) is 10.4. The Hall–Kier alpha value is -4.93. The molecular weight excluding hydrogens is 525 g/mol. The van der Waals surface area contributed by atoms with Crippen LogP contribution in [0.3, 0.4) is 0 Å². The molecule has 1 aliphatic carbocycles. The summed E-state index contributed by atoms with van der Waals surface area (Å²) >= 11 is 0. The molecule has 3 aromatic heterocycles. The van der Waals surface area contributed by atoms with Crippen LogP contribution in [0.2, 0.25) is 0 Å². The number of imidazole rings is 1. The molecule has 10 nitrogen and oxygen atoms in total. The molecule has 1 fully saturated rings. The van der Waals surface area contributed by atoms with Gasteiger partial charge in [-0.2, -0.15) is 0 Å². The van der Waals surface area contributed by atoms with Crippen LogP contribution in [0.4, 0.5) is 16.0 Å². The molecule has 11 heteroatoms. The SMILES string of the molecule is O=[N+]([O-])c1cccc2ccc(OC[C@@H]3CCc4nc(-c5ccc(F)cc5)c(-c5ccnc(NC6CCC6)n5)n43)nc12. The highest BCUT2D eigenvalue weighted by atomic mass is 19.1. The van der Waals surface area contributed by atoms with Crippen LogP contribution < -0.4 is 10.1 Å². The van der Waals surface area contributed by atoms with Gasteiger partial charge >= 0.3 is 0 Å². The van der Waals surface area contributed by atoms with Gasteiger partial charge in [0.1, 0.15) is 18.2 Å². The number of hydrogen-bond donors (Lipinski definition) is 1. The molecule has 2 aromatic carbocycles. The molecule has 1 atom stereocenters. The molecule has 1 aliphatic heterocycles. The molecule has 0 unspecified atom stereocenters. The van der Waals surface area contributed by atoms with Gasteiger partial charge < -0.3 is 14.6 Å². The average Bonchev–Trinajstić information content (AvgIpc) is 3.53. The average molecular weight is 552 g/mol. The maximum atomic E-state index is 13.8. The van der Waals surface area contributed by atoms with Crippen molar-refractivity contribution in [1.82, 2.24) is 24.5 Å². The number of pyridine rings is 1. The smallest absolute Gasteiger partial charge is 0.295 e. The third-order valence-electron chi connectivity index (χ3n) is 7.80. The van der Waals surface area contributed by atoms with Crippen LogP contribution in [-0.2, 0) is 6.42 Å². The van der Waals surface area contributed by atoms with Crippen molar-refractivity contribution in [3.05, 3.63) is 88.6 Å². The van der Waals surface area contributed by atoms with E-state index < -0.39 is 4.92 Å². The Morgan fingerprint density at radius 3 is 2.66 bits per heavy atom. The molecule has 0 bridgehead atoms. The fourth-order valence-electron chi connectivity index (χ4n) is 5.50. The van der Waals surface area contributed by atoms with E-state index in [1.807, 2.05) is 6.07 Å². The highest BCUT2D eigenvalue weighted by molar-refractivity contribution is 5.87. The van der Waals surface area contributed by atoms with Gasteiger partial charge in [0, 0.05) is 41.7 Å². The Morgan fingerprint density at radius 2 is 1.88 bits per heavy atom. The van der Waals surface area contributed by atoms with Gasteiger partial charge in [-0.25, -0.2) is 24.3 Å². The monoisotopic (exact) mass is 551 g/mol. The minimum Gasteiger partial charge on any atom is -0.475 e. The Balaban J connectivity index is 1.24. The molecule has 4 heterocycles. The lowest BCUT2D eigenvalue weighted by atomic mass is 9.93. The number of hydrogen-bond acceptors (Lipinski definition) is 8. The minimum atomic E-state index is -0.438. The molecular formula is C30H26FN7O3. The van der Waals surface area contributed by atoms with Crippen molar-refractivity contribution >= 4 is 22.5 Å². The van der Waals surface area contributed by atoms with Crippen molar-refractivity contribution < 1.29 is 14.1 Å². The first kappa shape index (κ1) is 25.1. The van der Waals surface area contributed by atoms with E-state index in [1.54, 1.807) is 42.6 Å². The molecule has 0 saturated heterocycles. The second kappa shape index (κ2) is 10.2. The molecule has 0 spiro atoms. The van der Waals surface area contributed by atoms with Crippen molar-refractivity contribution in [1.29, 1.82) is 0 Å². The van der Waals surface area contributed by atoms with Crippen LogP contribution in [0, 0.1) is 15.9 Å². The molecule has 1 N–H and O–H groups in total. The van der Waals surface area contributed by atoms with E-state index in [9.17, 15) is 14.5 Å². The Bertz CT molecular complexity index is 1770. The molecule has 0 amide bonds. The Labute approximate surface area is 234 Å². The first-order valence-corrected chi connectivity index (χ1v) is 13.7. The zero-order valence-corrected chi connectivity index (χ0v) is 22.0. The summed E-state index contributed by atoms with van der Waals surface area (Å²) in [5, 5.41) is 15.6. The first-order chi connectivity index (χ1) is 20.0. The summed E-state index contributed by atoms with van der Waals surface area (Å²) in [6.45, 7) is 0.288. The van der Waals surface area contributed by atoms with Crippen LogP contribution in [0.15, 0.2) is 66.9 Å². The molecule has 2 aliphatic rings. The minimum absolute atomic E-state index is 0.0630. The van der Waals surface area contributed by atoms with Gasteiger partial charge in [0.2, 0.25) is 11.8 Å². The highest BCUT2D eigenvalue weighted by Crippen LogP contribution is 2.40. The number of anilines is 1. The molecule has 41 heavy (non-hydrogen) atoms. The number of benzene rings is 2. The number of aryl methyl sites for hydroxylation is 1. The number of nitro groups is 1. The van der Waals surface area contributed by atoms with Crippen molar-refractivity contribution in [2.75, 3.05) is 11.9 Å². The number of nitro benzene ring substituents is 1. The van der Waals surface area contributed by atoms with Crippen molar-refractivity contribution in [3.8, 4) is 28.5 Å².